The summed E-state index contributed by atoms with van der Waals surface area (Å²) in [5.41, 5.74) is 1.37. The lowest BCUT2D eigenvalue weighted by Crippen LogP contribution is -2.31. The number of aryl methyl sites for hydroxylation is 1. The minimum atomic E-state index is -0.509. The number of carbonyl (C=O) groups is 2. The summed E-state index contributed by atoms with van der Waals surface area (Å²) in [7, 11) is 4.72. The number of nitrogens with one attached hydrogen (secondary N) is 3. The molecule has 0 unspecified atom stereocenters. The van der Waals surface area contributed by atoms with E-state index in [0.717, 1.165) is 10.6 Å². The molecular weight excluding hydrogens is 474 g/mol. The lowest BCUT2D eigenvalue weighted by Gasteiger charge is -2.27. The topological polar surface area (TPSA) is 148 Å². The van der Waals surface area contributed by atoms with Gasteiger partial charge in [0.05, 0.1) is 32.1 Å². The molecule has 13 nitrogen and oxygen atoms in total. The van der Waals surface area contributed by atoms with Crippen LogP contribution in [0.5, 0.6) is 11.9 Å². The third kappa shape index (κ3) is 5.59. The fraction of sp³-hybridized carbons (Fsp3) is 0.429. The molecule has 0 radical (unpaired) electrons. The van der Waals surface area contributed by atoms with E-state index in [0.29, 0.717) is 42.0 Å². The molecule has 0 fully saturated rings. The van der Waals surface area contributed by atoms with Gasteiger partial charge in [-0.15, -0.1) is 0 Å². The Bertz CT molecular complexity index is 1220. The van der Waals surface area contributed by atoms with Gasteiger partial charge in [-0.2, -0.15) is 15.1 Å². The molecule has 3 amide bonds. The second kappa shape index (κ2) is 10.1. The Morgan fingerprint density at radius 1 is 1.14 bits per heavy atom. The van der Waals surface area contributed by atoms with Crippen LogP contribution in [-0.2, 0) is 20.0 Å². The Hall–Kier alpha value is -3.94. The molecule has 4 heterocycles. The van der Waals surface area contributed by atoms with E-state index < -0.39 is 6.03 Å². The van der Waals surface area contributed by atoms with E-state index in [4.69, 9.17) is 9.47 Å². The number of hydrogen-bond donors (Lipinski definition) is 3. The van der Waals surface area contributed by atoms with E-state index in [9.17, 15) is 9.59 Å². The van der Waals surface area contributed by atoms with Crippen molar-refractivity contribution in [1.29, 1.82) is 0 Å². The molecular formula is C21H27N9O4S. The first-order valence-electron chi connectivity index (χ1n) is 10.9. The van der Waals surface area contributed by atoms with E-state index in [2.05, 4.69) is 40.9 Å². The molecule has 0 aromatic carbocycles. The summed E-state index contributed by atoms with van der Waals surface area (Å²) in [4.78, 5) is 41.3. The number of anilines is 3. The summed E-state index contributed by atoms with van der Waals surface area (Å²) < 4.78 is 11.9. The fourth-order valence-corrected chi connectivity index (χ4v) is 4.54. The van der Waals surface area contributed by atoms with Crippen LogP contribution < -0.4 is 30.3 Å². The molecule has 186 valence electrons. The van der Waals surface area contributed by atoms with Crippen molar-refractivity contribution < 1.29 is 19.1 Å². The zero-order valence-corrected chi connectivity index (χ0v) is 20.9. The fourth-order valence-electron chi connectivity index (χ4n) is 3.52. The highest BCUT2D eigenvalue weighted by atomic mass is 32.1. The maximum atomic E-state index is 12.6. The van der Waals surface area contributed by atoms with Crippen LogP contribution in [0, 0.1) is 0 Å². The normalized spacial score (nSPS) is 12.8. The molecule has 3 aromatic rings. The van der Waals surface area contributed by atoms with E-state index >= 15 is 0 Å². The highest BCUT2D eigenvalue weighted by Gasteiger charge is 2.24. The molecule has 0 saturated heterocycles. The van der Waals surface area contributed by atoms with E-state index in [1.54, 1.807) is 19.3 Å². The van der Waals surface area contributed by atoms with Gasteiger partial charge in [0.25, 0.3) is 5.91 Å². The number of amides is 3. The van der Waals surface area contributed by atoms with Gasteiger partial charge in [0.15, 0.2) is 10.8 Å². The van der Waals surface area contributed by atoms with Gasteiger partial charge in [-0.1, -0.05) is 11.3 Å². The molecule has 0 aliphatic carbocycles. The maximum Gasteiger partial charge on any atom is 0.325 e. The number of fused-ring (bicyclic) bond motifs is 1. The van der Waals surface area contributed by atoms with Gasteiger partial charge in [0.2, 0.25) is 5.88 Å². The van der Waals surface area contributed by atoms with Crippen molar-refractivity contribution in [3.63, 3.8) is 0 Å². The lowest BCUT2D eigenvalue weighted by molar-refractivity contribution is 0.0938. The second-order valence-corrected chi connectivity index (χ2v) is 9.17. The Morgan fingerprint density at radius 2 is 1.94 bits per heavy atom. The molecule has 3 aromatic heterocycles. The van der Waals surface area contributed by atoms with Crippen molar-refractivity contribution in [2.75, 3.05) is 36.3 Å². The van der Waals surface area contributed by atoms with Gasteiger partial charge in [0, 0.05) is 43.2 Å². The third-order valence-electron chi connectivity index (χ3n) is 5.05. The predicted molar refractivity (Wildman–Crippen MR) is 130 cm³/mol. The first kappa shape index (κ1) is 24.2. The van der Waals surface area contributed by atoms with Crippen molar-refractivity contribution >= 4 is 39.9 Å². The van der Waals surface area contributed by atoms with Crippen LogP contribution in [0.3, 0.4) is 0 Å². The average molecular weight is 502 g/mol. The zero-order chi connectivity index (χ0) is 25.1. The number of rotatable bonds is 7. The van der Waals surface area contributed by atoms with Gasteiger partial charge in [-0.25, -0.2) is 9.78 Å². The minimum absolute atomic E-state index is 0.0584. The number of ether oxygens (including phenoxy) is 2. The molecule has 35 heavy (non-hydrogen) atoms. The van der Waals surface area contributed by atoms with E-state index in [-0.39, 0.29) is 23.7 Å². The number of aromatic nitrogens is 5. The zero-order valence-electron chi connectivity index (χ0n) is 20.1. The maximum absolute atomic E-state index is 12.6. The monoisotopic (exact) mass is 501 g/mol. The summed E-state index contributed by atoms with van der Waals surface area (Å²) in [5.74, 6) is 0.736. The highest BCUT2D eigenvalue weighted by molar-refractivity contribution is 7.15. The van der Waals surface area contributed by atoms with Crippen LogP contribution in [-0.4, -0.2) is 63.5 Å². The first-order valence-corrected chi connectivity index (χ1v) is 11.7. The summed E-state index contributed by atoms with van der Waals surface area (Å²) in [6.07, 6.45) is 2.26. The number of methoxy groups -OCH3 is 2. The number of thiazole rings is 1. The summed E-state index contributed by atoms with van der Waals surface area (Å²) in [6, 6.07) is 1.41. The van der Waals surface area contributed by atoms with Crippen molar-refractivity contribution in [3.05, 3.63) is 28.5 Å². The Morgan fingerprint density at radius 3 is 2.66 bits per heavy atom. The molecule has 3 N–H and O–H groups in total. The molecule has 0 spiro atoms. The first-order chi connectivity index (χ1) is 16.7. The smallest absolute Gasteiger partial charge is 0.325 e. The van der Waals surface area contributed by atoms with Gasteiger partial charge in [0.1, 0.15) is 5.82 Å². The summed E-state index contributed by atoms with van der Waals surface area (Å²) in [6.45, 7) is 4.96. The summed E-state index contributed by atoms with van der Waals surface area (Å²) >= 11 is 1.39. The average Bonchev–Trinajstić information content (AvgIpc) is 3.39. The Kier molecular flexibility index (Phi) is 7.00. The number of carbonyl (C=O) groups excluding carboxylic acids is 2. The van der Waals surface area contributed by atoms with Crippen LogP contribution in [0.4, 0.5) is 21.4 Å². The highest BCUT2D eigenvalue weighted by Crippen LogP contribution is 2.31. The molecule has 0 saturated carbocycles. The Balaban J connectivity index is 1.44. The molecule has 0 atom stereocenters. The Labute approximate surface area is 205 Å². The van der Waals surface area contributed by atoms with Crippen LogP contribution in [0.2, 0.25) is 0 Å². The number of nitrogens with zero attached hydrogens (tertiary/aromatic N) is 6. The SMILES string of the molecule is COc1cc(N2CCc3nc(NC(=O)Nc4cn(C)nc4C(=O)NC(C)C)sc3C2)nc(OC)n1. The van der Waals surface area contributed by atoms with Crippen LogP contribution in [0.25, 0.3) is 0 Å². The predicted octanol–water partition coefficient (Wildman–Crippen LogP) is 2.03. The minimum Gasteiger partial charge on any atom is -0.481 e. The van der Waals surface area contributed by atoms with Crippen LogP contribution >= 0.6 is 11.3 Å². The largest absolute Gasteiger partial charge is 0.481 e. The van der Waals surface area contributed by atoms with Crippen molar-refractivity contribution in [2.45, 2.75) is 32.9 Å². The second-order valence-electron chi connectivity index (χ2n) is 8.09. The van der Waals surface area contributed by atoms with Crippen molar-refractivity contribution in [3.8, 4) is 11.9 Å². The molecule has 14 heteroatoms. The van der Waals surface area contributed by atoms with Crippen molar-refractivity contribution in [1.82, 2.24) is 30.0 Å². The van der Waals surface area contributed by atoms with Gasteiger partial charge < -0.3 is 25.0 Å². The van der Waals surface area contributed by atoms with E-state index in [1.165, 1.54) is 30.2 Å². The van der Waals surface area contributed by atoms with Crippen molar-refractivity contribution in [2.24, 2.45) is 7.05 Å². The van der Waals surface area contributed by atoms with Crippen LogP contribution in [0.15, 0.2) is 12.3 Å². The molecule has 1 aliphatic heterocycles. The molecule has 4 rings (SSSR count). The number of urea groups is 1. The third-order valence-corrected chi connectivity index (χ3v) is 6.05. The lowest BCUT2D eigenvalue weighted by atomic mass is 10.2. The quantitative estimate of drug-likeness (QED) is 0.442. The molecule has 1 aliphatic rings. The molecule has 0 bridgehead atoms. The van der Waals surface area contributed by atoms with E-state index in [1.807, 2.05) is 13.8 Å². The summed E-state index contributed by atoms with van der Waals surface area (Å²) in [5, 5.41) is 12.8. The van der Waals surface area contributed by atoms with Gasteiger partial charge >= 0.3 is 12.0 Å². The number of hydrogen-bond acceptors (Lipinski definition) is 10. The van der Waals surface area contributed by atoms with Gasteiger partial charge in [-0.3, -0.25) is 14.8 Å². The van der Waals surface area contributed by atoms with Crippen LogP contribution in [0.1, 0.15) is 34.9 Å². The van der Waals surface area contributed by atoms with Gasteiger partial charge in [-0.05, 0) is 13.8 Å². The standard InChI is InChI=1S/C21H27N9O4S/c1-11(2)22-18(31)17-13(9-29(3)28-17)23-19(32)27-21-24-12-6-7-30(10-14(12)35-21)15-8-16(33-4)26-20(25-15)34-5/h8-9,11H,6-7,10H2,1-5H3,(H,22,31)(H2,23,24,27,32).